The molecule has 0 saturated heterocycles. The maximum Gasteiger partial charge on any atom is 0.241 e. The van der Waals surface area contributed by atoms with E-state index in [4.69, 9.17) is 10.5 Å². The molecule has 0 radical (unpaired) electrons. The van der Waals surface area contributed by atoms with Crippen LogP contribution < -0.4 is 11.1 Å². The number of nitrogens with one attached hydrogen (secondary N) is 1. The van der Waals surface area contributed by atoms with E-state index in [1.165, 1.54) is 12.8 Å². The van der Waals surface area contributed by atoms with Crippen LogP contribution in [0.25, 0.3) is 0 Å². The average molecular weight is 305 g/mol. The molecule has 2 rings (SSSR count). The van der Waals surface area contributed by atoms with Crippen molar-refractivity contribution in [2.45, 2.75) is 71.1 Å². The summed E-state index contributed by atoms with van der Waals surface area (Å²) in [7, 11) is 0. The van der Waals surface area contributed by atoms with E-state index in [0.29, 0.717) is 13.0 Å². The monoisotopic (exact) mass is 304 g/mol. The Balaban J connectivity index is 0.00000200. The third-order valence-electron chi connectivity index (χ3n) is 5.00. The predicted octanol–water partition coefficient (Wildman–Crippen LogP) is 2.25. The third kappa shape index (κ3) is 3.12. The quantitative estimate of drug-likeness (QED) is 0.791. The number of nitrogens with two attached hydrogens (primary N) is 1. The molecule has 0 aliphatic heterocycles. The molecule has 0 aromatic heterocycles. The summed E-state index contributed by atoms with van der Waals surface area (Å²) in [6.07, 6.45) is 4.41. The van der Waals surface area contributed by atoms with E-state index in [0.717, 1.165) is 12.3 Å². The topological polar surface area (TPSA) is 64.3 Å². The van der Waals surface area contributed by atoms with Gasteiger partial charge in [0, 0.05) is 24.5 Å². The summed E-state index contributed by atoms with van der Waals surface area (Å²) < 4.78 is 5.66. The molecule has 0 spiro atoms. The number of ether oxygens (including phenoxy) is 1. The molecule has 2 aliphatic carbocycles. The first-order chi connectivity index (χ1) is 8.81. The van der Waals surface area contributed by atoms with E-state index in [9.17, 15) is 4.79 Å². The second-order valence-corrected chi connectivity index (χ2v) is 6.89. The first-order valence-electron chi connectivity index (χ1n) is 7.52. The number of carbonyl (C=O) groups is 1. The van der Waals surface area contributed by atoms with Gasteiger partial charge in [-0.2, -0.15) is 0 Å². The Bertz CT molecular complexity index is 358. The van der Waals surface area contributed by atoms with Gasteiger partial charge in [0.25, 0.3) is 0 Å². The van der Waals surface area contributed by atoms with Crippen LogP contribution in [0, 0.1) is 11.3 Å². The van der Waals surface area contributed by atoms with Gasteiger partial charge in [0.2, 0.25) is 5.91 Å². The van der Waals surface area contributed by atoms with Crippen molar-refractivity contribution >= 4 is 18.3 Å². The summed E-state index contributed by atoms with van der Waals surface area (Å²) in [6, 6.07) is 0.224. The zero-order valence-electron chi connectivity index (χ0n) is 13.1. The molecule has 0 aromatic rings. The Labute approximate surface area is 128 Å². The average Bonchev–Trinajstić information content (AvgIpc) is 3.12. The van der Waals surface area contributed by atoms with Crippen molar-refractivity contribution in [1.29, 1.82) is 0 Å². The highest BCUT2D eigenvalue weighted by Crippen LogP contribution is 2.50. The minimum atomic E-state index is -0.787. The number of hydrogen-bond acceptors (Lipinski definition) is 3. The zero-order valence-corrected chi connectivity index (χ0v) is 13.9. The number of rotatable bonds is 6. The van der Waals surface area contributed by atoms with Crippen LogP contribution in [-0.4, -0.2) is 30.2 Å². The molecule has 3 N–H and O–H groups in total. The van der Waals surface area contributed by atoms with Gasteiger partial charge in [0.1, 0.15) is 5.54 Å². The van der Waals surface area contributed by atoms with Gasteiger partial charge in [-0.15, -0.1) is 12.4 Å². The molecule has 20 heavy (non-hydrogen) atoms. The Morgan fingerprint density at radius 1 is 1.45 bits per heavy atom. The summed E-state index contributed by atoms with van der Waals surface area (Å²) in [5.74, 6) is 0.802. The van der Waals surface area contributed by atoms with Gasteiger partial charge in [-0.25, -0.2) is 0 Å². The molecule has 5 heteroatoms. The van der Waals surface area contributed by atoms with Gasteiger partial charge in [-0.1, -0.05) is 26.7 Å². The van der Waals surface area contributed by atoms with E-state index < -0.39 is 5.54 Å². The predicted molar refractivity (Wildman–Crippen MR) is 82.9 cm³/mol. The lowest BCUT2D eigenvalue weighted by Crippen LogP contribution is -2.76. The van der Waals surface area contributed by atoms with E-state index >= 15 is 0 Å². The second kappa shape index (κ2) is 6.20. The van der Waals surface area contributed by atoms with Gasteiger partial charge in [0.15, 0.2) is 0 Å². The molecule has 118 valence electrons. The second-order valence-electron chi connectivity index (χ2n) is 6.89. The number of halogens is 1. The lowest BCUT2D eigenvalue weighted by atomic mass is 9.54. The zero-order chi connectivity index (χ0) is 14.3. The van der Waals surface area contributed by atoms with Gasteiger partial charge < -0.3 is 15.8 Å². The Hall–Kier alpha value is -0.320. The molecular formula is C15H29ClN2O2. The first kappa shape index (κ1) is 17.7. The maximum absolute atomic E-state index is 12.4. The van der Waals surface area contributed by atoms with Crippen LogP contribution >= 0.6 is 12.4 Å². The number of hydrogen-bond donors (Lipinski definition) is 2. The van der Waals surface area contributed by atoms with Crippen LogP contribution in [-0.2, 0) is 9.53 Å². The highest BCUT2D eigenvalue weighted by atomic mass is 35.5. The van der Waals surface area contributed by atoms with Crippen molar-refractivity contribution in [3.05, 3.63) is 0 Å². The molecule has 0 aromatic carbocycles. The minimum Gasteiger partial charge on any atom is -0.378 e. The smallest absolute Gasteiger partial charge is 0.241 e. The van der Waals surface area contributed by atoms with Crippen LogP contribution in [0.2, 0.25) is 0 Å². The minimum absolute atomic E-state index is 0. The lowest BCUT2D eigenvalue weighted by Gasteiger charge is -2.57. The van der Waals surface area contributed by atoms with Crippen molar-refractivity contribution in [3.63, 3.8) is 0 Å². The fourth-order valence-corrected chi connectivity index (χ4v) is 3.09. The molecule has 3 unspecified atom stereocenters. The van der Waals surface area contributed by atoms with Crippen LogP contribution in [0.1, 0.15) is 53.4 Å². The van der Waals surface area contributed by atoms with Gasteiger partial charge >= 0.3 is 0 Å². The van der Waals surface area contributed by atoms with E-state index in [2.05, 4.69) is 12.2 Å². The van der Waals surface area contributed by atoms with Gasteiger partial charge in [-0.05, 0) is 26.2 Å². The van der Waals surface area contributed by atoms with Gasteiger partial charge in [-0.3, -0.25) is 4.79 Å². The lowest BCUT2D eigenvalue weighted by molar-refractivity contribution is -0.171. The number of carbonyl (C=O) groups excluding carboxylic acids is 1. The van der Waals surface area contributed by atoms with Crippen molar-refractivity contribution in [3.8, 4) is 0 Å². The Morgan fingerprint density at radius 3 is 2.50 bits per heavy atom. The van der Waals surface area contributed by atoms with Crippen molar-refractivity contribution < 1.29 is 9.53 Å². The molecule has 0 heterocycles. The summed E-state index contributed by atoms with van der Waals surface area (Å²) >= 11 is 0. The molecule has 2 aliphatic rings. The number of amides is 1. The van der Waals surface area contributed by atoms with Crippen molar-refractivity contribution in [2.24, 2.45) is 17.1 Å². The van der Waals surface area contributed by atoms with Crippen LogP contribution in [0.3, 0.4) is 0 Å². The van der Waals surface area contributed by atoms with Crippen LogP contribution in [0.4, 0.5) is 0 Å². The molecule has 3 atom stereocenters. The summed E-state index contributed by atoms with van der Waals surface area (Å²) in [5, 5.41) is 3.09. The van der Waals surface area contributed by atoms with Crippen LogP contribution in [0.5, 0.6) is 0 Å². The van der Waals surface area contributed by atoms with E-state index in [1.807, 2.05) is 20.8 Å². The highest BCUT2D eigenvalue weighted by Gasteiger charge is 2.62. The fraction of sp³-hybridized carbons (Fsp3) is 0.933. The van der Waals surface area contributed by atoms with E-state index in [-0.39, 0.29) is 35.9 Å². The van der Waals surface area contributed by atoms with Crippen molar-refractivity contribution in [1.82, 2.24) is 5.32 Å². The molecule has 1 amide bonds. The highest BCUT2D eigenvalue weighted by molar-refractivity contribution is 5.89. The summed E-state index contributed by atoms with van der Waals surface area (Å²) in [5.41, 5.74) is 5.26. The molecule has 0 bridgehead atoms. The molecular weight excluding hydrogens is 276 g/mol. The molecule has 2 fully saturated rings. The fourth-order valence-electron chi connectivity index (χ4n) is 3.09. The first-order valence-corrected chi connectivity index (χ1v) is 7.52. The molecule has 2 saturated carbocycles. The van der Waals surface area contributed by atoms with Crippen molar-refractivity contribution in [2.75, 3.05) is 6.61 Å². The Kier molecular flexibility index (Phi) is 5.50. The normalized spacial score (nSPS) is 32.8. The summed E-state index contributed by atoms with van der Waals surface area (Å²) in [4.78, 5) is 12.4. The Morgan fingerprint density at radius 2 is 2.05 bits per heavy atom. The molecule has 4 nitrogen and oxygen atoms in total. The summed E-state index contributed by atoms with van der Waals surface area (Å²) in [6.45, 7) is 8.78. The van der Waals surface area contributed by atoms with Gasteiger partial charge in [0.05, 0.1) is 6.10 Å². The SMILES string of the molecule is CCOC1CC(N)(C(=O)NC(C)CC2CC2)C1(C)C.Cl. The van der Waals surface area contributed by atoms with Crippen LogP contribution in [0.15, 0.2) is 0 Å². The third-order valence-corrected chi connectivity index (χ3v) is 5.00. The van der Waals surface area contributed by atoms with E-state index in [1.54, 1.807) is 0 Å². The maximum atomic E-state index is 12.4. The largest absolute Gasteiger partial charge is 0.378 e. The standard InChI is InChI=1S/C15H28N2O2.ClH/c1-5-19-12-9-15(16,14(12,3)4)13(18)17-10(2)8-11-6-7-11;/h10-12H,5-9,16H2,1-4H3,(H,17,18);1H.